The van der Waals surface area contributed by atoms with Crippen LogP contribution in [0, 0.1) is 0 Å². The van der Waals surface area contributed by atoms with E-state index in [1.54, 1.807) is 0 Å². The highest BCUT2D eigenvalue weighted by molar-refractivity contribution is 9.10. The molecule has 0 radical (unpaired) electrons. The van der Waals surface area contributed by atoms with Crippen molar-refractivity contribution in [1.82, 2.24) is 19.5 Å². The van der Waals surface area contributed by atoms with Gasteiger partial charge in [-0.25, -0.2) is 18.1 Å². The first-order valence-electron chi connectivity index (χ1n) is 6.49. The van der Waals surface area contributed by atoms with Crippen LogP contribution in [0.4, 0.5) is 0 Å². The Hall–Kier alpha value is -0.250. The lowest BCUT2D eigenvalue weighted by atomic mass is 10.2. The second-order valence-corrected chi connectivity index (χ2v) is 8.20. The molecule has 1 aliphatic rings. The molecule has 1 aliphatic heterocycles. The molecule has 118 valence electrons. The molecule has 0 spiro atoms. The maximum absolute atomic E-state index is 12.3. The number of halogens is 2. The van der Waals surface area contributed by atoms with Gasteiger partial charge in [-0.05, 0) is 36.1 Å². The number of nitrogens with zero attached hydrogens (tertiary/aromatic N) is 3. The van der Waals surface area contributed by atoms with Crippen molar-refractivity contribution >= 4 is 37.6 Å². The van der Waals surface area contributed by atoms with E-state index < -0.39 is 10.0 Å². The predicted molar refractivity (Wildman–Crippen MR) is 86.1 cm³/mol. The van der Waals surface area contributed by atoms with Gasteiger partial charge in [0, 0.05) is 42.9 Å². The van der Waals surface area contributed by atoms with Crippen molar-refractivity contribution in [3.63, 3.8) is 0 Å². The lowest BCUT2D eigenvalue weighted by Gasteiger charge is -2.37. The van der Waals surface area contributed by atoms with E-state index in [0.717, 1.165) is 19.6 Å². The van der Waals surface area contributed by atoms with Crippen molar-refractivity contribution in [2.75, 3.05) is 40.3 Å². The quantitative estimate of drug-likeness (QED) is 0.769. The normalized spacial score (nSPS) is 21.6. The lowest BCUT2D eigenvalue weighted by Crippen LogP contribution is -2.54. The number of pyridine rings is 1. The molecule has 1 aromatic heterocycles. The summed E-state index contributed by atoms with van der Waals surface area (Å²) in [5.41, 5.74) is 0. The van der Waals surface area contributed by atoms with E-state index in [9.17, 15) is 8.42 Å². The molecule has 1 fully saturated rings. The van der Waals surface area contributed by atoms with Crippen LogP contribution in [0.3, 0.4) is 0 Å². The van der Waals surface area contributed by atoms with Crippen LogP contribution in [-0.2, 0) is 10.0 Å². The molecule has 0 aromatic carbocycles. The van der Waals surface area contributed by atoms with E-state index in [4.69, 9.17) is 11.6 Å². The second kappa shape index (κ2) is 6.89. The first kappa shape index (κ1) is 17.1. The van der Waals surface area contributed by atoms with Crippen molar-refractivity contribution in [2.45, 2.75) is 10.9 Å². The molecule has 9 heteroatoms. The smallest absolute Gasteiger partial charge is 0.243 e. The van der Waals surface area contributed by atoms with Crippen LogP contribution in [0.2, 0.25) is 5.15 Å². The monoisotopic (exact) mass is 396 g/mol. The van der Waals surface area contributed by atoms with Crippen LogP contribution in [0.25, 0.3) is 0 Å². The van der Waals surface area contributed by atoms with Crippen LogP contribution in [0.15, 0.2) is 21.6 Å². The number of sulfonamides is 1. The van der Waals surface area contributed by atoms with Gasteiger partial charge in [-0.3, -0.25) is 4.90 Å². The molecule has 0 amide bonds. The predicted octanol–water partition coefficient (Wildman–Crippen LogP) is 1.02. The summed E-state index contributed by atoms with van der Waals surface area (Å²) in [6.45, 7) is 3.07. The molecule has 0 saturated carbocycles. The van der Waals surface area contributed by atoms with Gasteiger partial charge in [-0.1, -0.05) is 11.6 Å². The third-order valence-corrected chi connectivity index (χ3v) is 5.84. The van der Waals surface area contributed by atoms with Gasteiger partial charge in [0.25, 0.3) is 0 Å². The number of nitrogens with one attached hydrogen (secondary N) is 1. The molecule has 1 N–H and O–H groups in total. The van der Waals surface area contributed by atoms with E-state index >= 15 is 0 Å². The Bertz CT molecular complexity index is 613. The highest BCUT2D eigenvalue weighted by Crippen LogP contribution is 2.22. The topological polar surface area (TPSA) is 65.5 Å². The Morgan fingerprint density at radius 3 is 2.90 bits per heavy atom. The van der Waals surface area contributed by atoms with E-state index in [1.165, 1.54) is 12.3 Å². The summed E-state index contributed by atoms with van der Waals surface area (Å²) in [7, 11) is 0.358. The fourth-order valence-electron chi connectivity index (χ4n) is 2.20. The van der Waals surface area contributed by atoms with Gasteiger partial charge in [-0.2, -0.15) is 0 Å². The summed E-state index contributed by atoms with van der Waals surface area (Å²) >= 11 is 9.09. The van der Waals surface area contributed by atoms with Gasteiger partial charge >= 0.3 is 0 Å². The van der Waals surface area contributed by atoms with E-state index in [2.05, 4.69) is 35.4 Å². The molecule has 2 heterocycles. The van der Waals surface area contributed by atoms with Crippen LogP contribution in [0.5, 0.6) is 0 Å². The Balaban J connectivity index is 2.09. The molecule has 1 saturated heterocycles. The summed E-state index contributed by atoms with van der Waals surface area (Å²) in [6, 6.07) is 1.59. The van der Waals surface area contributed by atoms with Crippen LogP contribution < -0.4 is 4.72 Å². The third kappa shape index (κ3) is 4.37. The largest absolute Gasteiger partial charge is 0.303 e. The zero-order valence-corrected chi connectivity index (χ0v) is 15.0. The van der Waals surface area contributed by atoms with Gasteiger partial charge in [0.2, 0.25) is 10.0 Å². The van der Waals surface area contributed by atoms with Gasteiger partial charge in [0.15, 0.2) is 0 Å². The van der Waals surface area contributed by atoms with Crippen molar-refractivity contribution in [3.8, 4) is 0 Å². The number of hydrogen-bond donors (Lipinski definition) is 1. The number of rotatable bonds is 4. The minimum absolute atomic E-state index is 0.00893. The molecular weight excluding hydrogens is 380 g/mol. The van der Waals surface area contributed by atoms with Crippen LogP contribution >= 0.6 is 27.5 Å². The Kier molecular flexibility index (Phi) is 5.61. The first-order valence-corrected chi connectivity index (χ1v) is 9.14. The average molecular weight is 398 g/mol. The molecular formula is C12H18BrClN4O2S. The average Bonchev–Trinajstić information content (AvgIpc) is 2.42. The van der Waals surface area contributed by atoms with Crippen molar-refractivity contribution in [1.29, 1.82) is 0 Å². The highest BCUT2D eigenvalue weighted by atomic mass is 79.9. The van der Waals surface area contributed by atoms with Crippen LogP contribution in [-0.4, -0.2) is 69.5 Å². The number of hydrogen-bond acceptors (Lipinski definition) is 5. The summed E-state index contributed by atoms with van der Waals surface area (Å²) in [6.07, 6.45) is 1.46. The second-order valence-electron chi connectivity index (χ2n) is 5.19. The lowest BCUT2D eigenvalue weighted by molar-refractivity contribution is 0.117. The fraction of sp³-hybridized carbons (Fsp3) is 0.583. The highest BCUT2D eigenvalue weighted by Gasteiger charge is 2.25. The summed E-state index contributed by atoms with van der Waals surface area (Å²) in [5.74, 6) is 0. The van der Waals surface area contributed by atoms with Gasteiger partial charge in [-0.15, -0.1) is 0 Å². The van der Waals surface area contributed by atoms with E-state index in [1.807, 2.05) is 14.1 Å². The molecule has 0 bridgehead atoms. The van der Waals surface area contributed by atoms with Crippen molar-refractivity contribution < 1.29 is 8.42 Å². The maximum atomic E-state index is 12.3. The summed E-state index contributed by atoms with van der Waals surface area (Å²) in [5, 5.41) is -0.0279. The van der Waals surface area contributed by atoms with Gasteiger partial charge in [0.05, 0.1) is 0 Å². The Labute approximate surface area is 138 Å². The van der Waals surface area contributed by atoms with Gasteiger partial charge < -0.3 is 4.90 Å². The number of likely N-dealkylation sites (N-methyl/N-ethyl adjacent to an activating group) is 2. The summed E-state index contributed by atoms with van der Waals surface area (Å²) in [4.78, 5) is 8.18. The van der Waals surface area contributed by atoms with Crippen molar-refractivity contribution in [3.05, 3.63) is 21.9 Å². The first-order chi connectivity index (χ1) is 9.79. The van der Waals surface area contributed by atoms with Gasteiger partial charge in [0.1, 0.15) is 10.0 Å². The molecule has 21 heavy (non-hydrogen) atoms. The SMILES string of the molecule is CN1CCN(C)C(CNS(=O)(=O)c2cc(Br)cnc2Cl)C1. The molecule has 1 aromatic rings. The zero-order chi connectivity index (χ0) is 15.6. The van der Waals surface area contributed by atoms with Crippen LogP contribution in [0.1, 0.15) is 0 Å². The maximum Gasteiger partial charge on any atom is 0.243 e. The zero-order valence-electron chi connectivity index (χ0n) is 11.9. The van der Waals surface area contributed by atoms with E-state index in [-0.39, 0.29) is 16.1 Å². The fourth-order valence-corrected chi connectivity index (χ4v) is 4.21. The Morgan fingerprint density at radius 2 is 2.19 bits per heavy atom. The number of aromatic nitrogens is 1. The standard InChI is InChI=1S/C12H18BrClN4O2S/c1-17-3-4-18(2)10(8-17)7-16-21(19,20)11-5-9(13)6-15-12(11)14/h5-6,10,16H,3-4,7-8H2,1-2H3. The minimum atomic E-state index is -3.67. The minimum Gasteiger partial charge on any atom is -0.303 e. The third-order valence-electron chi connectivity index (χ3n) is 3.55. The molecule has 6 nitrogen and oxygen atoms in total. The molecule has 2 rings (SSSR count). The number of piperazine rings is 1. The molecule has 0 aliphatic carbocycles. The molecule has 1 atom stereocenters. The molecule has 1 unspecified atom stereocenters. The summed E-state index contributed by atoms with van der Waals surface area (Å²) < 4.78 is 27.9. The van der Waals surface area contributed by atoms with E-state index in [0.29, 0.717) is 11.0 Å². The Morgan fingerprint density at radius 1 is 1.48 bits per heavy atom. The van der Waals surface area contributed by atoms with Crippen molar-refractivity contribution in [2.24, 2.45) is 0 Å².